The fraction of sp³-hybridized carbons (Fsp3) is 0.111. The SMILES string of the molecule is Cc1ccc(C2C(C(=O)C=Cc3ccccc3)=C(O)C(=O)N2Cc2ccccc2)cc1. The Morgan fingerprint density at radius 1 is 0.935 bits per heavy atom. The Hall–Kier alpha value is -3.92. The normalized spacial score (nSPS) is 16.4. The van der Waals surface area contributed by atoms with Crippen LogP contribution in [0.3, 0.4) is 0 Å². The van der Waals surface area contributed by atoms with Gasteiger partial charge in [-0.05, 0) is 29.7 Å². The van der Waals surface area contributed by atoms with Crippen molar-refractivity contribution in [2.75, 3.05) is 0 Å². The van der Waals surface area contributed by atoms with Gasteiger partial charge < -0.3 is 10.0 Å². The van der Waals surface area contributed by atoms with Gasteiger partial charge in [-0.2, -0.15) is 0 Å². The predicted molar refractivity (Wildman–Crippen MR) is 121 cm³/mol. The van der Waals surface area contributed by atoms with Gasteiger partial charge in [0.1, 0.15) is 0 Å². The average molecular weight is 409 g/mol. The molecular weight excluding hydrogens is 386 g/mol. The Morgan fingerprint density at radius 3 is 2.19 bits per heavy atom. The Morgan fingerprint density at radius 2 is 1.55 bits per heavy atom. The van der Waals surface area contributed by atoms with Crippen molar-refractivity contribution < 1.29 is 14.7 Å². The standard InChI is InChI=1S/C27H23NO3/c1-19-12-15-22(16-13-19)25-24(23(29)17-14-20-8-4-2-5-9-20)26(30)27(31)28(25)18-21-10-6-3-7-11-21/h2-17,25,30H,18H2,1H3. The topological polar surface area (TPSA) is 57.6 Å². The fourth-order valence-electron chi connectivity index (χ4n) is 3.77. The van der Waals surface area contributed by atoms with E-state index in [1.54, 1.807) is 11.0 Å². The van der Waals surface area contributed by atoms with E-state index in [4.69, 9.17) is 0 Å². The van der Waals surface area contributed by atoms with E-state index in [1.807, 2.05) is 91.9 Å². The second kappa shape index (κ2) is 8.84. The van der Waals surface area contributed by atoms with E-state index in [2.05, 4.69) is 0 Å². The van der Waals surface area contributed by atoms with Crippen molar-refractivity contribution in [1.82, 2.24) is 4.90 Å². The summed E-state index contributed by atoms with van der Waals surface area (Å²) in [7, 11) is 0. The summed E-state index contributed by atoms with van der Waals surface area (Å²) < 4.78 is 0. The maximum Gasteiger partial charge on any atom is 0.290 e. The van der Waals surface area contributed by atoms with Crippen LogP contribution in [0.1, 0.15) is 28.3 Å². The number of rotatable bonds is 6. The summed E-state index contributed by atoms with van der Waals surface area (Å²) in [5, 5.41) is 10.7. The number of amides is 1. The molecule has 31 heavy (non-hydrogen) atoms. The molecule has 1 atom stereocenters. The van der Waals surface area contributed by atoms with E-state index in [-0.39, 0.29) is 11.4 Å². The molecule has 1 amide bonds. The quantitative estimate of drug-likeness (QED) is 0.571. The summed E-state index contributed by atoms with van der Waals surface area (Å²) in [6.45, 7) is 2.27. The number of benzene rings is 3. The van der Waals surface area contributed by atoms with Gasteiger partial charge in [0.15, 0.2) is 11.5 Å². The third kappa shape index (κ3) is 4.33. The molecule has 1 aliphatic heterocycles. The minimum Gasteiger partial charge on any atom is -0.503 e. The molecule has 0 saturated carbocycles. The number of hydrogen-bond donors (Lipinski definition) is 1. The highest BCUT2D eigenvalue weighted by atomic mass is 16.3. The molecule has 4 heteroatoms. The molecule has 1 aliphatic rings. The molecule has 0 saturated heterocycles. The van der Waals surface area contributed by atoms with E-state index < -0.39 is 17.7 Å². The number of aryl methyl sites for hydroxylation is 1. The van der Waals surface area contributed by atoms with Gasteiger partial charge in [0.05, 0.1) is 11.6 Å². The zero-order valence-electron chi connectivity index (χ0n) is 17.2. The van der Waals surface area contributed by atoms with Crippen LogP contribution in [0.15, 0.2) is 102 Å². The molecule has 0 aromatic heterocycles. The highest BCUT2D eigenvalue weighted by Crippen LogP contribution is 2.39. The van der Waals surface area contributed by atoms with Crippen molar-refractivity contribution in [2.24, 2.45) is 0 Å². The third-order valence-corrected chi connectivity index (χ3v) is 5.38. The number of carbonyl (C=O) groups is 2. The molecule has 4 nitrogen and oxygen atoms in total. The first kappa shape index (κ1) is 20.4. The Balaban J connectivity index is 1.72. The van der Waals surface area contributed by atoms with Crippen LogP contribution in [-0.2, 0) is 16.1 Å². The molecule has 3 aromatic rings. The number of aliphatic hydroxyl groups is 1. The van der Waals surface area contributed by atoms with Gasteiger partial charge in [-0.1, -0.05) is 96.6 Å². The van der Waals surface area contributed by atoms with E-state index in [0.717, 1.165) is 22.3 Å². The number of nitrogens with zero attached hydrogens (tertiary/aromatic N) is 1. The largest absolute Gasteiger partial charge is 0.503 e. The van der Waals surface area contributed by atoms with Crippen molar-refractivity contribution in [3.05, 3.63) is 125 Å². The molecule has 0 spiro atoms. The van der Waals surface area contributed by atoms with Crippen LogP contribution < -0.4 is 0 Å². The van der Waals surface area contributed by atoms with Crippen LogP contribution >= 0.6 is 0 Å². The summed E-state index contributed by atoms with van der Waals surface area (Å²) in [5.41, 5.74) is 3.77. The molecule has 0 radical (unpaired) electrons. The minimum absolute atomic E-state index is 0.108. The van der Waals surface area contributed by atoms with Crippen molar-refractivity contribution in [3.8, 4) is 0 Å². The van der Waals surface area contributed by atoms with Crippen LogP contribution in [-0.4, -0.2) is 21.7 Å². The van der Waals surface area contributed by atoms with Crippen LogP contribution in [0.25, 0.3) is 6.08 Å². The Labute approximate surface area is 181 Å². The van der Waals surface area contributed by atoms with Gasteiger partial charge in [0, 0.05) is 6.54 Å². The maximum atomic E-state index is 13.1. The van der Waals surface area contributed by atoms with Crippen molar-refractivity contribution in [3.63, 3.8) is 0 Å². The molecule has 0 bridgehead atoms. The van der Waals surface area contributed by atoms with Crippen molar-refractivity contribution in [2.45, 2.75) is 19.5 Å². The second-order valence-corrected chi connectivity index (χ2v) is 7.60. The Kier molecular flexibility index (Phi) is 5.80. The van der Waals surface area contributed by atoms with Crippen molar-refractivity contribution >= 4 is 17.8 Å². The molecule has 1 heterocycles. The summed E-state index contributed by atoms with van der Waals surface area (Å²) in [4.78, 5) is 27.7. The summed E-state index contributed by atoms with van der Waals surface area (Å²) >= 11 is 0. The minimum atomic E-state index is -0.652. The molecule has 4 rings (SSSR count). The first-order chi connectivity index (χ1) is 15.0. The number of allylic oxidation sites excluding steroid dienone is 1. The molecule has 154 valence electrons. The maximum absolute atomic E-state index is 13.1. The predicted octanol–water partition coefficient (Wildman–Crippen LogP) is 5.17. The molecule has 3 aromatic carbocycles. The summed E-state index contributed by atoms with van der Waals surface area (Å²) in [6.07, 6.45) is 3.11. The average Bonchev–Trinajstić information content (AvgIpc) is 3.04. The molecule has 1 N–H and O–H groups in total. The number of carbonyl (C=O) groups excluding carboxylic acids is 2. The van der Waals surface area contributed by atoms with Gasteiger partial charge in [-0.25, -0.2) is 0 Å². The Bertz CT molecular complexity index is 1150. The molecule has 1 unspecified atom stereocenters. The van der Waals surface area contributed by atoms with Gasteiger partial charge >= 0.3 is 0 Å². The first-order valence-corrected chi connectivity index (χ1v) is 10.2. The number of ketones is 1. The van der Waals surface area contributed by atoms with Crippen LogP contribution in [0.2, 0.25) is 0 Å². The van der Waals surface area contributed by atoms with Gasteiger partial charge in [-0.15, -0.1) is 0 Å². The van der Waals surface area contributed by atoms with E-state index in [9.17, 15) is 14.7 Å². The fourth-order valence-corrected chi connectivity index (χ4v) is 3.77. The monoisotopic (exact) mass is 409 g/mol. The van der Waals surface area contributed by atoms with E-state index in [0.29, 0.717) is 6.54 Å². The number of hydrogen-bond acceptors (Lipinski definition) is 3. The highest BCUT2D eigenvalue weighted by Gasteiger charge is 2.42. The van der Waals surface area contributed by atoms with Crippen molar-refractivity contribution in [1.29, 1.82) is 0 Å². The van der Waals surface area contributed by atoms with E-state index in [1.165, 1.54) is 6.08 Å². The molecular formula is C27H23NO3. The summed E-state index contributed by atoms with van der Waals surface area (Å²) in [5.74, 6) is -1.40. The highest BCUT2D eigenvalue weighted by molar-refractivity contribution is 6.14. The zero-order chi connectivity index (χ0) is 21.8. The van der Waals surface area contributed by atoms with Gasteiger partial charge in [0.25, 0.3) is 5.91 Å². The van der Waals surface area contributed by atoms with Crippen LogP contribution in [0.4, 0.5) is 0 Å². The van der Waals surface area contributed by atoms with Gasteiger partial charge in [-0.3, -0.25) is 9.59 Å². The lowest BCUT2D eigenvalue weighted by atomic mass is 9.94. The van der Waals surface area contributed by atoms with Gasteiger partial charge in [0.2, 0.25) is 0 Å². The van der Waals surface area contributed by atoms with Crippen LogP contribution in [0, 0.1) is 6.92 Å². The molecule has 0 aliphatic carbocycles. The zero-order valence-corrected chi connectivity index (χ0v) is 17.2. The van der Waals surface area contributed by atoms with Crippen LogP contribution in [0.5, 0.6) is 0 Å². The second-order valence-electron chi connectivity index (χ2n) is 7.60. The summed E-state index contributed by atoms with van der Waals surface area (Å²) in [6, 6.07) is 26.0. The third-order valence-electron chi connectivity index (χ3n) is 5.38. The first-order valence-electron chi connectivity index (χ1n) is 10.2. The lowest BCUT2D eigenvalue weighted by Gasteiger charge is -2.27. The number of aliphatic hydroxyl groups excluding tert-OH is 1. The smallest absolute Gasteiger partial charge is 0.290 e. The lowest BCUT2D eigenvalue weighted by Crippen LogP contribution is -2.30. The molecule has 0 fully saturated rings. The van der Waals surface area contributed by atoms with E-state index >= 15 is 0 Å². The lowest BCUT2D eigenvalue weighted by molar-refractivity contribution is -0.130.